The van der Waals surface area contributed by atoms with E-state index in [2.05, 4.69) is 70.7 Å². The second-order valence-corrected chi connectivity index (χ2v) is 8.89. The number of piperazine rings is 1. The van der Waals surface area contributed by atoms with Gasteiger partial charge in [0.05, 0.1) is 12.6 Å². The third kappa shape index (κ3) is 4.74. The molecule has 1 fully saturated rings. The second-order valence-electron chi connectivity index (χ2n) is 7.91. The maximum atomic E-state index is 12.9. The van der Waals surface area contributed by atoms with Crippen LogP contribution in [0.25, 0.3) is 0 Å². The van der Waals surface area contributed by atoms with Gasteiger partial charge in [-0.2, -0.15) is 0 Å². The van der Waals surface area contributed by atoms with Gasteiger partial charge in [0.15, 0.2) is 0 Å². The monoisotopic (exact) mass is 419 g/mol. The van der Waals surface area contributed by atoms with E-state index in [0.29, 0.717) is 6.54 Å². The molecule has 2 aromatic carbocycles. The van der Waals surface area contributed by atoms with Gasteiger partial charge in [-0.1, -0.05) is 48.5 Å². The Morgan fingerprint density at radius 2 is 1.73 bits per heavy atom. The fourth-order valence-electron chi connectivity index (χ4n) is 4.05. The molecule has 1 amide bonds. The van der Waals surface area contributed by atoms with Gasteiger partial charge in [0.2, 0.25) is 5.91 Å². The highest BCUT2D eigenvalue weighted by molar-refractivity contribution is 7.10. The van der Waals surface area contributed by atoms with Gasteiger partial charge in [-0.05, 0) is 48.1 Å². The molecule has 0 radical (unpaired) electrons. The number of rotatable bonds is 6. The minimum atomic E-state index is -0.0880. The fraction of sp³-hybridized carbons (Fsp3) is 0.320. The number of hydrogen-bond donors (Lipinski definition) is 1. The number of thiophene rings is 1. The van der Waals surface area contributed by atoms with Gasteiger partial charge in [0.1, 0.15) is 0 Å². The van der Waals surface area contributed by atoms with Crippen molar-refractivity contribution in [2.75, 3.05) is 37.6 Å². The van der Waals surface area contributed by atoms with Crippen molar-refractivity contribution in [1.29, 1.82) is 0 Å². The summed E-state index contributed by atoms with van der Waals surface area (Å²) in [5.41, 5.74) is 5.12. The Labute approximate surface area is 183 Å². The van der Waals surface area contributed by atoms with Crippen LogP contribution in [0.1, 0.15) is 27.6 Å². The number of nitrogens with one attached hydrogen (secondary N) is 1. The quantitative estimate of drug-likeness (QED) is 0.644. The molecule has 0 spiro atoms. The van der Waals surface area contributed by atoms with Crippen molar-refractivity contribution in [1.82, 2.24) is 10.2 Å². The van der Waals surface area contributed by atoms with Gasteiger partial charge in [0, 0.05) is 36.7 Å². The van der Waals surface area contributed by atoms with Crippen molar-refractivity contribution in [3.63, 3.8) is 0 Å². The normalized spacial score (nSPS) is 15.7. The van der Waals surface area contributed by atoms with Crippen LogP contribution in [0, 0.1) is 13.8 Å². The summed E-state index contributed by atoms with van der Waals surface area (Å²) < 4.78 is 0. The van der Waals surface area contributed by atoms with Gasteiger partial charge >= 0.3 is 0 Å². The first-order valence-electron chi connectivity index (χ1n) is 10.5. The molecule has 1 N–H and O–H groups in total. The lowest BCUT2D eigenvalue weighted by atomic mass is 10.1. The Kier molecular flexibility index (Phi) is 6.50. The highest BCUT2D eigenvalue weighted by Crippen LogP contribution is 2.26. The number of carbonyl (C=O) groups excluding carboxylic acids is 1. The van der Waals surface area contributed by atoms with Crippen LogP contribution in [-0.2, 0) is 4.79 Å². The van der Waals surface area contributed by atoms with Crippen molar-refractivity contribution in [3.05, 3.63) is 87.6 Å². The van der Waals surface area contributed by atoms with Gasteiger partial charge in [-0.3, -0.25) is 9.69 Å². The molecular weight excluding hydrogens is 390 g/mol. The van der Waals surface area contributed by atoms with Gasteiger partial charge in [-0.25, -0.2) is 0 Å². The molecule has 4 nitrogen and oxygen atoms in total. The lowest BCUT2D eigenvalue weighted by molar-refractivity contribution is -0.122. The summed E-state index contributed by atoms with van der Waals surface area (Å²) >= 11 is 1.68. The molecule has 30 heavy (non-hydrogen) atoms. The van der Waals surface area contributed by atoms with E-state index in [9.17, 15) is 4.79 Å². The van der Waals surface area contributed by atoms with Crippen LogP contribution in [0.5, 0.6) is 0 Å². The molecule has 156 valence electrons. The maximum Gasteiger partial charge on any atom is 0.234 e. The maximum absolute atomic E-state index is 12.9. The van der Waals surface area contributed by atoms with Crippen molar-refractivity contribution >= 4 is 22.9 Å². The van der Waals surface area contributed by atoms with Crippen molar-refractivity contribution in [2.24, 2.45) is 0 Å². The summed E-state index contributed by atoms with van der Waals surface area (Å²) in [5, 5.41) is 5.32. The van der Waals surface area contributed by atoms with E-state index in [1.54, 1.807) is 11.3 Å². The molecule has 1 saturated heterocycles. The van der Waals surface area contributed by atoms with Crippen LogP contribution in [-0.4, -0.2) is 43.5 Å². The SMILES string of the molecule is Cc1cccc(N2CCN(CC(=O)NC(c3ccccc3)c3cccs3)CC2)c1C. The zero-order chi connectivity index (χ0) is 20.9. The molecule has 0 aliphatic carbocycles. The number of anilines is 1. The molecule has 1 unspecified atom stereocenters. The molecule has 1 aromatic heterocycles. The van der Waals surface area contributed by atoms with Gasteiger partial charge < -0.3 is 10.2 Å². The zero-order valence-corrected chi connectivity index (χ0v) is 18.5. The van der Waals surface area contributed by atoms with E-state index >= 15 is 0 Å². The van der Waals surface area contributed by atoms with Crippen LogP contribution < -0.4 is 10.2 Å². The number of amides is 1. The van der Waals surface area contributed by atoms with Crippen molar-refractivity contribution in [2.45, 2.75) is 19.9 Å². The largest absolute Gasteiger partial charge is 0.369 e. The molecule has 1 aliphatic rings. The van der Waals surface area contributed by atoms with Crippen molar-refractivity contribution < 1.29 is 4.79 Å². The number of carbonyl (C=O) groups is 1. The Hall–Kier alpha value is -2.63. The van der Waals surface area contributed by atoms with Crippen LogP contribution in [0.4, 0.5) is 5.69 Å². The van der Waals surface area contributed by atoms with E-state index in [1.165, 1.54) is 16.8 Å². The number of benzene rings is 2. The van der Waals surface area contributed by atoms with E-state index < -0.39 is 0 Å². The highest BCUT2D eigenvalue weighted by atomic mass is 32.1. The summed E-state index contributed by atoms with van der Waals surface area (Å²) in [7, 11) is 0. The van der Waals surface area contributed by atoms with Crippen LogP contribution in [0.15, 0.2) is 66.0 Å². The smallest absolute Gasteiger partial charge is 0.234 e. The fourth-order valence-corrected chi connectivity index (χ4v) is 4.86. The zero-order valence-electron chi connectivity index (χ0n) is 17.7. The van der Waals surface area contributed by atoms with Gasteiger partial charge in [-0.15, -0.1) is 11.3 Å². The first-order valence-corrected chi connectivity index (χ1v) is 11.4. The molecule has 1 atom stereocenters. The number of hydrogen-bond acceptors (Lipinski definition) is 4. The molecule has 0 saturated carbocycles. The minimum Gasteiger partial charge on any atom is -0.369 e. The lowest BCUT2D eigenvalue weighted by Gasteiger charge is -2.37. The standard InChI is InChI=1S/C25H29N3OS/c1-19-8-6-11-22(20(19)2)28-15-13-27(14-16-28)18-24(29)26-25(23-12-7-17-30-23)21-9-4-3-5-10-21/h3-12,17,25H,13-16,18H2,1-2H3,(H,26,29). The summed E-state index contributed by atoms with van der Waals surface area (Å²) in [4.78, 5) is 18.7. The molecule has 3 aromatic rings. The van der Waals surface area contributed by atoms with Crippen LogP contribution in [0.2, 0.25) is 0 Å². The average Bonchev–Trinajstić information content (AvgIpc) is 3.30. The predicted octanol–water partition coefficient (Wildman–Crippen LogP) is 4.39. The Bertz CT molecular complexity index is 963. The molecule has 2 heterocycles. The second kappa shape index (κ2) is 9.45. The predicted molar refractivity (Wildman–Crippen MR) is 125 cm³/mol. The summed E-state index contributed by atoms with van der Waals surface area (Å²) in [6, 6.07) is 20.7. The third-order valence-corrected chi connectivity index (χ3v) is 6.86. The van der Waals surface area contributed by atoms with E-state index in [0.717, 1.165) is 36.6 Å². The van der Waals surface area contributed by atoms with Crippen LogP contribution in [0.3, 0.4) is 0 Å². The summed E-state index contributed by atoms with van der Waals surface area (Å²) in [5.74, 6) is 0.0810. The van der Waals surface area contributed by atoms with E-state index in [1.807, 2.05) is 24.3 Å². The first-order chi connectivity index (χ1) is 14.6. The van der Waals surface area contributed by atoms with Crippen LogP contribution >= 0.6 is 11.3 Å². The van der Waals surface area contributed by atoms with E-state index in [-0.39, 0.29) is 11.9 Å². The Morgan fingerprint density at radius 3 is 2.43 bits per heavy atom. The number of nitrogens with zero attached hydrogens (tertiary/aromatic N) is 2. The first kappa shape index (κ1) is 20.6. The lowest BCUT2D eigenvalue weighted by Crippen LogP contribution is -2.50. The molecule has 4 rings (SSSR count). The summed E-state index contributed by atoms with van der Waals surface area (Å²) in [6.45, 7) is 8.49. The summed E-state index contributed by atoms with van der Waals surface area (Å²) in [6.07, 6.45) is 0. The van der Waals surface area contributed by atoms with E-state index in [4.69, 9.17) is 0 Å². The highest BCUT2D eigenvalue weighted by Gasteiger charge is 2.23. The topological polar surface area (TPSA) is 35.6 Å². The Balaban J connectivity index is 1.36. The average molecular weight is 420 g/mol. The minimum absolute atomic E-state index is 0.0810. The van der Waals surface area contributed by atoms with Crippen molar-refractivity contribution in [3.8, 4) is 0 Å². The molecule has 1 aliphatic heterocycles. The molecule has 5 heteroatoms. The van der Waals surface area contributed by atoms with Gasteiger partial charge in [0.25, 0.3) is 0 Å². The molecule has 0 bridgehead atoms. The third-order valence-electron chi connectivity index (χ3n) is 5.92. The Morgan fingerprint density at radius 1 is 0.967 bits per heavy atom. The number of aryl methyl sites for hydroxylation is 1. The molecular formula is C25H29N3OS.